The highest BCUT2D eigenvalue weighted by atomic mass is 15.1. The van der Waals surface area contributed by atoms with E-state index in [1.165, 1.54) is 31.2 Å². The lowest BCUT2D eigenvalue weighted by Gasteiger charge is -2.36. The van der Waals surface area contributed by atoms with Crippen molar-refractivity contribution in [2.24, 2.45) is 11.7 Å². The van der Waals surface area contributed by atoms with Crippen LogP contribution in [0.1, 0.15) is 43.7 Å². The van der Waals surface area contributed by atoms with Gasteiger partial charge in [0.05, 0.1) is 6.54 Å². The van der Waals surface area contributed by atoms with Crippen LogP contribution in [0.3, 0.4) is 0 Å². The zero-order valence-electron chi connectivity index (χ0n) is 12.7. The van der Waals surface area contributed by atoms with E-state index in [0.29, 0.717) is 6.54 Å². The molecule has 20 heavy (non-hydrogen) atoms. The topological polar surface area (TPSA) is 29.3 Å². The Balaban J connectivity index is 1.95. The quantitative estimate of drug-likeness (QED) is 0.856. The zero-order chi connectivity index (χ0) is 14.4. The summed E-state index contributed by atoms with van der Waals surface area (Å²) < 4.78 is 0. The summed E-state index contributed by atoms with van der Waals surface area (Å²) in [5.41, 5.74) is 7.80. The minimum Gasteiger partial charge on any atom is -0.320 e. The first kappa shape index (κ1) is 15.1. The van der Waals surface area contributed by atoms with Crippen LogP contribution in [-0.2, 0) is 6.54 Å². The number of benzene rings is 1. The molecule has 0 amide bonds. The molecule has 2 atom stereocenters. The summed E-state index contributed by atoms with van der Waals surface area (Å²) in [7, 11) is 2.26. The molecule has 2 unspecified atom stereocenters. The lowest BCUT2D eigenvalue weighted by molar-refractivity contribution is 0.133. The van der Waals surface area contributed by atoms with Crippen molar-refractivity contribution < 1.29 is 0 Å². The first-order valence-electron chi connectivity index (χ1n) is 7.69. The van der Waals surface area contributed by atoms with Gasteiger partial charge in [0.1, 0.15) is 0 Å². The summed E-state index contributed by atoms with van der Waals surface area (Å²) in [5, 5.41) is 0. The Morgan fingerprint density at radius 3 is 2.55 bits per heavy atom. The summed E-state index contributed by atoms with van der Waals surface area (Å²) in [6.07, 6.45) is 5.51. The van der Waals surface area contributed by atoms with Gasteiger partial charge in [-0.05, 0) is 43.5 Å². The van der Waals surface area contributed by atoms with Crippen molar-refractivity contribution in [2.45, 2.75) is 45.2 Å². The number of hydrogen-bond acceptors (Lipinski definition) is 2. The van der Waals surface area contributed by atoms with Gasteiger partial charge in [-0.2, -0.15) is 0 Å². The molecule has 0 spiro atoms. The molecule has 1 aromatic carbocycles. The first-order valence-corrected chi connectivity index (χ1v) is 7.69. The molecule has 0 aromatic heterocycles. The molecule has 1 aliphatic carbocycles. The molecule has 1 fully saturated rings. The first-order chi connectivity index (χ1) is 9.70. The fraction of sp³-hybridized carbons (Fsp3) is 0.556. The van der Waals surface area contributed by atoms with Gasteiger partial charge in [-0.1, -0.05) is 43.7 Å². The maximum Gasteiger partial charge on any atom is 0.0555 e. The molecule has 108 valence electrons. The molecule has 2 heteroatoms. The maximum absolute atomic E-state index is 5.39. The Morgan fingerprint density at radius 1 is 1.20 bits per heavy atom. The molecule has 1 aromatic rings. The molecule has 1 aliphatic rings. The fourth-order valence-corrected chi connectivity index (χ4v) is 3.20. The molecular weight excluding hydrogens is 244 g/mol. The molecule has 2 nitrogen and oxygen atoms in total. The van der Waals surface area contributed by atoms with Crippen molar-refractivity contribution in [2.75, 3.05) is 13.6 Å². The average Bonchev–Trinajstić information content (AvgIpc) is 2.47. The van der Waals surface area contributed by atoms with E-state index >= 15 is 0 Å². The summed E-state index contributed by atoms with van der Waals surface area (Å²) >= 11 is 0. The average molecular weight is 270 g/mol. The predicted octanol–water partition coefficient (Wildman–Crippen LogP) is 3.01. The SMILES string of the molecule is CC1CCCCC1N(C)Cc1ccc(C#CCN)cc1. The van der Waals surface area contributed by atoms with E-state index in [0.717, 1.165) is 24.1 Å². The van der Waals surface area contributed by atoms with Gasteiger partial charge >= 0.3 is 0 Å². The highest BCUT2D eigenvalue weighted by Gasteiger charge is 2.24. The van der Waals surface area contributed by atoms with Gasteiger partial charge < -0.3 is 5.73 Å². The van der Waals surface area contributed by atoms with E-state index in [-0.39, 0.29) is 0 Å². The zero-order valence-corrected chi connectivity index (χ0v) is 12.7. The van der Waals surface area contributed by atoms with Crippen molar-refractivity contribution in [3.8, 4) is 11.8 Å². The molecule has 0 saturated heterocycles. The summed E-state index contributed by atoms with van der Waals surface area (Å²) in [5.74, 6) is 6.78. The monoisotopic (exact) mass is 270 g/mol. The van der Waals surface area contributed by atoms with Crippen LogP contribution in [-0.4, -0.2) is 24.5 Å². The Morgan fingerprint density at radius 2 is 1.90 bits per heavy atom. The third kappa shape index (κ3) is 4.10. The largest absolute Gasteiger partial charge is 0.320 e. The summed E-state index contributed by atoms with van der Waals surface area (Å²) in [4.78, 5) is 2.52. The second-order valence-electron chi connectivity index (χ2n) is 5.95. The van der Waals surface area contributed by atoms with Crippen LogP contribution < -0.4 is 5.73 Å². The number of nitrogens with two attached hydrogens (primary N) is 1. The third-order valence-corrected chi connectivity index (χ3v) is 4.35. The summed E-state index contributed by atoms with van der Waals surface area (Å²) in [6.45, 7) is 3.84. The van der Waals surface area contributed by atoms with Gasteiger partial charge in [-0.3, -0.25) is 4.90 Å². The van der Waals surface area contributed by atoms with Crippen molar-refractivity contribution >= 4 is 0 Å². The Labute approximate surface area is 123 Å². The van der Waals surface area contributed by atoms with Gasteiger partial charge in [-0.25, -0.2) is 0 Å². The van der Waals surface area contributed by atoms with E-state index < -0.39 is 0 Å². The van der Waals surface area contributed by atoms with E-state index in [1.54, 1.807) is 0 Å². The molecule has 2 rings (SSSR count). The van der Waals surface area contributed by atoms with Gasteiger partial charge in [-0.15, -0.1) is 0 Å². The van der Waals surface area contributed by atoms with Crippen LogP contribution in [0.15, 0.2) is 24.3 Å². The van der Waals surface area contributed by atoms with Gasteiger partial charge in [0.2, 0.25) is 0 Å². The molecule has 0 bridgehead atoms. The normalized spacial score (nSPS) is 22.4. The Hall–Kier alpha value is -1.30. The number of hydrogen-bond donors (Lipinski definition) is 1. The minimum absolute atomic E-state index is 0.421. The molecule has 2 N–H and O–H groups in total. The Kier molecular flexibility index (Phi) is 5.64. The summed E-state index contributed by atoms with van der Waals surface area (Å²) in [6, 6.07) is 9.29. The standard InChI is InChI=1S/C18H26N2/c1-15-6-3-4-8-18(15)20(2)14-17-11-9-16(10-12-17)7-5-13-19/h9-12,15,18H,3-4,6,8,13-14,19H2,1-2H3. The number of nitrogens with zero attached hydrogens (tertiary/aromatic N) is 1. The van der Waals surface area contributed by atoms with Crippen LogP contribution in [0.25, 0.3) is 0 Å². The smallest absolute Gasteiger partial charge is 0.0555 e. The number of rotatable bonds is 3. The van der Waals surface area contributed by atoms with Crippen molar-refractivity contribution in [3.63, 3.8) is 0 Å². The van der Waals surface area contributed by atoms with E-state index in [4.69, 9.17) is 5.73 Å². The second-order valence-corrected chi connectivity index (χ2v) is 5.95. The van der Waals surface area contributed by atoms with Crippen LogP contribution >= 0.6 is 0 Å². The van der Waals surface area contributed by atoms with Gasteiger partial charge in [0.25, 0.3) is 0 Å². The molecular formula is C18H26N2. The fourth-order valence-electron chi connectivity index (χ4n) is 3.20. The Bertz CT molecular complexity index is 466. The second kappa shape index (κ2) is 7.47. The predicted molar refractivity (Wildman–Crippen MR) is 85.3 cm³/mol. The molecule has 1 saturated carbocycles. The molecule has 0 radical (unpaired) electrons. The van der Waals surface area contributed by atoms with E-state index in [1.807, 2.05) is 0 Å². The van der Waals surface area contributed by atoms with Gasteiger partial charge in [0, 0.05) is 18.2 Å². The van der Waals surface area contributed by atoms with Crippen molar-refractivity contribution in [3.05, 3.63) is 35.4 Å². The maximum atomic E-state index is 5.39. The van der Waals surface area contributed by atoms with Crippen LogP contribution in [0.5, 0.6) is 0 Å². The third-order valence-electron chi connectivity index (χ3n) is 4.35. The molecule has 0 heterocycles. The van der Waals surface area contributed by atoms with Crippen molar-refractivity contribution in [1.82, 2.24) is 4.90 Å². The van der Waals surface area contributed by atoms with E-state index in [9.17, 15) is 0 Å². The van der Waals surface area contributed by atoms with Crippen LogP contribution in [0, 0.1) is 17.8 Å². The highest BCUT2D eigenvalue weighted by Crippen LogP contribution is 2.28. The van der Waals surface area contributed by atoms with Crippen LogP contribution in [0.2, 0.25) is 0 Å². The minimum atomic E-state index is 0.421. The van der Waals surface area contributed by atoms with Crippen LogP contribution in [0.4, 0.5) is 0 Å². The highest BCUT2D eigenvalue weighted by molar-refractivity contribution is 5.36. The molecule has 0 aliphatic heterocycles. The lowest BCUT2D eigenvalue weighted by atomic mass is 9.85. The van der Waals surface area contributed by atoms with Crippen molar-refractivity contribution in [1.29, 1.82) is 0 Å². The van der Waals surface area contributed by atoms with E-state index in [2.05, 4.69) is 55.0 Å². The lowest BCUT2D eigenvalue weighted by Crippen LogP contribution is -2.38. The van der Waals surface area contributed by atoms with Gasteiger partial charge in [0.15, 0.2) is 0 Å².